The van der Waals surface area contributed by atoms with Crippen LogP contribution in [0, 0.1) is 17.0 Å². The van der Waals surface area contributed by atoms with E-state index in [-0.39, 0.29) is 11.4 Å². The van der Waals surface area contributed by atoms with Gasteiger partial charge in [0, 0.05) is 22.8 Å². The first-order chi connectivity index (χ1) is 10.5. The molecule has 2 rings (SSSR count). The maximum atomic E-state index is 11.8. The lowest BCUT2D eigenvalue weighted by Crippen LogP contribution is -2.17. The van der Waals surface area contributed by atoms with Crippen LogP contribution in [0.4, 0.5) is 5.69 Å². The fraction of sp³-hybridized carbons (Fsp3) is 0.0667. The Morgan fingerprint density at radius 2 is 1.95 bits per heavy atom. The summed E-state index contributed by atoms with van der Waals surface area (Å²) in [6, 6.07) is 10.4. The highest BCUT2D eigenvalue weighted by atomic mass is 16.6. The van der Waals surface area contributed by atoms with E-state index in [0.29, 0.717) is 16.7 Å². The number of aromatic hydroxyl groups is 1. The summed E-state index contributed by atoms with van der Waals surface area (Å²) in [5.74, 6) is -0.384. The average molecular weight is 299 g/mol. The molecule has 0 aliphatic heterocycles. The first-order valence-electron chi connectivity index (χ1n) is 6.35. The van der Waals surface area contributed by atoms with Gasteiger partial charge in [0.2, 0.25) is 0 Å². The normalized spacial score (nSPS) is 10.6. The number of nitro benzene ring substituents is 1. The number of benzene rings is 2. The lowest BCUT2D eigenvalue weighted by atomic mass is 10.1. The number of hydrogen-bond acceptors (Lipinski definition) is 5. The van der Waals surface area contributed by atoms with E-state index in [2.05, 4.69) is 10.5 Å². The van der Waals surface area contributed by atoms with Crippen LogP contribution in [0.25, 0.3) is 0 Å². The first kappa shape index (κ1) is 15.2. The van der Waals surface area contributed by atoms with Crippen molar-refractivity contribution in [2.45, 2.75) is 6.92 Å². The summed E-state index contributed by atoms with van der Waals surface area (Å²) < 4.78 is 0. The molecule has 1 amide bonds. The molecule has 0 aromatic heterocycles. The number of nitrogens with zero attached hydrogens (tertiary/aromatic N) is 2. The molecule has 2 aromatic carbocycles. The second-order valence-electron chi connectivity index (χ2n) is 4.55. The zero-order chi connectivity index (χ0) is 16.1. The van der Waals surface area contributed by atoms with E-state index in [4.69, 9.17) is 5.11 Å². The Morgan fingerprint density at radius 3 is 2.59 bits per heavy atom. The van der Waals surface area contributed by atoms with E-state index in [1.807, 2.05) is 0 Å². The number of phenolic OH excluding ortho intramolecular Hbond substituents is 1. The largest absolute Gasteiger partial charge is 0.508 e. The minimum atomic E-state index is -0.471. The molecule has 0 bridgehead atoms. The topological polar surface area (TPSA) is 105 Å². The van der Waals surface area contributed by atoms with Gasteiger partial charge in [-0.05, 0) is 31.2 Å². The van der Waals surface area contributed by atoms with E-state index >= 15 is 0 Å². The van der Waals surface area contributed by atoms with Crippen molar-refractivity contribution >= 4 is 17.8 Å². The Kier molecular flexibility index (Phi) is 4.47. The number of hydrazone groups is 1. The maximum Gasteiger partial charge on any atom is 0.272 e. The molecule has 0 spiro atoms. The van der Waals surface area contributed by atoms with Gasteiger partial charge in [0.05, 0.1) is 11.1 Å². The van der Waals surface area contributed by atoms with Gasteiger partial charge >= 0.3 is 0 Å². The van der Waals surface area contributed by atoms with Crippen molar-refractivity contribution in [3.63, 3.8) is 0 Å². The predicted octanol–water partition coefficient (Wildman–Crippen LogP) is 2.37. The zero-order valence-electron chi connectivity index (χ0n) is 11.7. The van der Waals surface area contributed by atoms with Crippen molar-refractivity contribution in [2.75, 3.05) is 0 Å². The van der Waals surface area contributed by atoms with Gasteiger partial charge in [0.15, 0.2) is 0 Å². The molecule has 0 unspecified atom stereocenters. The summed E-state index contributed by atoms with van der Waals surface area (Å²) >= 11 is 0. The van der Waals surface area contributed by atoms with E-state index in [1.54, 1.807) is 19.1 Å². The second-order valence-corrected chi connectivity index (χ2v) is 4.55. The summed E-state index contributed by atoms with van der Waals surface area (Å²) in [5.41, 5.74) is 3.70. The minimum absolute atomic E-state index is 0.00573. The molecule has 2 aromatic rings. The molecule has 0 fully saturated rings. The highest BCUT2D eigenvalue weighted by Gasteiger charge is 2.10. The predicted molar refractivity (Wildman–Crippen MR) is 81.0 cm³/mol. The third-order valence-corrected chi connectivity index (χ3v) is 2.94. The average Bonchev–Trinajstić information content (AvgIpc) is 2.49. The van der Waals surface area contributed by atoms with Gasteiger partial charge in [-0.15, -0.1) is 0 Å². The van der Waals surface area contributed by atoms with Crippen LogP contribution in [0.1, 0.15) is 21.5 Å². The number of carbonyl (C=O) groups excluding carboxylic acids is 1. The SMILES string of the molecule is Cc1ccc(/C=N\NC(=O)c2ccc(O)cc2)cc1[N+](=O)[O-]. The quantitative estimate of drug-likeness (QED) is 0.513. The standard InChI is InChI=1S/C15H13N3O4/c1-10-2-3-11(8-14(10)18(21)22)9-16-17-15(20)12-4-6-13(19)7-5-12/h2-9,19H,1H3,(H,17,20)/b16-9-. The summed E-state index contributed by atoms with van der Waals surface area (Å²) in [5, 5.41) is 23.7. The Bertz CT molecular complexity index is 739. The Morgan fingerprint density at radius 1 is 1.27 bits per heavy atom. The number of amides is 1. The molecule has 0 aliphatic rings. The molecule has 112 valence electrons. The van der Waals surface area contributed by atoms with E-state index < -0.39 is 10.8 Å². The van der Waals surface area contributed by atoms with Crippen molar-refractivity contribution < 1.29 is 14.8 Å². The second kappa shape index (κ2) is 6.49. The van der Waals surface area contributed by atoms with Crippen LogP contribution < -0.4 is 5.43 Å². The zero-order valence-corrected chi connectivity index (χ0v) is 11.7. The van der Waals surface area contributed by atoms with Crippen molar-refractivity contribution in [1.82, 2.24) is 5.43 Å². The molecule has 22 heavy (non-hydrogen) atoms. The lowest BCUT2D eigenvalue weighted by molar-refractivity contribution is -0.385. The molecule has 0 atom stereocenters. The number of rotatable bonds is 4. The van der Waals surface area contributed by atoms with Gasteiger partial charge in [-0.2, -0.15) is 5.10 Å². The molecule has 7 nitrogen and oxygen atoms in total. The molecular weight excluding hydrogens is 286 g/mol. The van der Waals surface area contributed by atoms with Crippen LogP contribution in [0.3, 0.4) is 0 Å². The molecule has 0 saturated heterocycles. The molecule has 0 radical (unpaired) electrons. The van der Waals surface area contributed by atoms with Crippen LogP contribution in [0.2, 0.25) is 0 Å². The number of carbonyl (C=O) groups is 1. The molecule has 0 saturated carbocycles. The van der Waals surface area contributed by atoms with Gasteiger partial charge in [0.25, 0.3) is 11.6 Å². The number of hydrogen-bond donors (Lipinski definition) is 2. The smallest absolute Gasteiger partial charge is 0.272 e. The third-order valence-electron chi connectivity index (χ3n) is 2.94. The van der Waals surface area contributed by atoms with Crippen LogP contribution in [0.15, 0.2) is 47.6 Å². The number of aryl methyl sites for hydroxylation is 1. The first-order valence-corrected chi connectivity index (χ1v) is 6.35. The maximum absolute atomic E-state index is 11.8. The van der Waals surface area contributed by atoms with E-state index in [1.165, 1.54) is 36.5 Å². The molecule has 7 heteroatoms. The Hall–Kier alpha value is -3.22. The highest BCUT2D eigenvalue weighted by Crippen LogP contribution is 2.18. The number of phenols is 1. The Labute approximate surface area is 126 Å². The number of nitrogens with one attached hydrogen (secondary N) is 1. The summed E-state index contributed by atoms with van der Waals surface area (Å²) in [6.45, 7) is 1.64. The van der Waals surface area contributed by atoms with Crippen LogP contribution in [-0.2, 0) is 0 Å². The fourth-order valence-electron chi connectivity index (χ4n) is 1.75. The summed E-state index contributed by atoms with van der Waals surface area (Å²) in [4.78, 5) is 22.1. The molecule has 0 aliphatic carbocycles. The van der Waals surface area contributed by atoms with Gasteiger partial charge < -0.3 is 5.11 Å². The van der Waals surface area contributed by atoms with Crippen LogP contribution in [-0.4, -0.2) is 22.2 Å². The van der Waals surface area contributed by atoms with Crippen molar-refractivity contribution in [3.05, 3.63) is 69.3 Å². The summed E-state index contributed by atoms with van der Waals surface area (Å²) in [6.07, 6.45) is 1.32. The van der Waals surface area contributed by atoms with Gasteiger partial charge in [-0.3, -0.25) is 14.9 Å². The minimum Gasteiger partial charge on any atom is -0.508 e. The lowest BCUT2D eigenvalue weighted by Gasteiger charge is -2.00. The van der Waals surface area contributed by atoms with Gasteiger partial charge in [-0.1, -0.05) is 12.1 Å². The van der Waals surface area contributed by atoms with Gasteiger partial charge in [-0.25, -0.2) is 5.43 Å². The molecule has 2 N–H and O–H groups in total. The van der Waals surface area contributed by atoms with Crippen LogP contribution in [0.5, 0.6) is 5.75 Å². The summed E-state index contributed by atoms with van der Waals surface area (Å²) in [7, 11) is 0. The van der Waals surface area contributed by atoms with E-state index in [9.17, 15) is 14.9 Å². The molecule has 0 heterocycles. The number of nitro groups is 1. The molecular formula is C15H13N3O4. The van der Waals surface area contributed by atoms with Crippen molar-refractivity contribution in [1.29, 1.82) is 0 Å². The highest BCUT2D eigenvalue weighted by molar-refractivity contribution is 5.95. The van der Waals surface area contributed by atoms with E-state index in [0.717, 1.165) is 0 Å². The van der Waals surface area contributed by atoms with Crippen LogP contribution >= 0.6 is 0 Å². The monoisotopic (exact) mass is 299 g/mol. The van der Waals surface area contributed by atoms with Gasteiger partial charge in [0.1, 0.15) is 5.75 Å². The third kappa shape index (κ3) is 3.66. The Balaban J connectivity index is 2.06. The van der Waals surface area contributed by atoms with Crippen molar-refractivity contribution in [2.24, 2.45) is 5.10 Å². The van der Waals surface area contributed by atoms with Crippen molar-refractivity contribution in [3.8, 4) is 5.75 Å². The fourth-order valence-corrected chi connectivity index (χ4v) is 1.75.